The number of ether oxygens (including phenoxy) is 11. The minimum absolute atomic E-state index is 0.00630. The smallest absolute Gasteiger partial charge is 0.463 e. The minimum Gasteiger partial charge on any atom is -0.463 e. The Morgan fingerprint density at radius 1 is 0.379 bits per heavy atom. The van der Waals surface area contributed by atoms with Crippen LogP contribution in [0, 0.1) is 0 Å². The fourth-order valence-corrected chi connectivity index (χ4v) is 12.7. The van der Waals surface area contributed by atoms with Gasteiger partial charge in [-0.05, 0) is 6.42 Å². The van der Waals surface area contributed by atoms with Crippen LogP contribution in [0.2, 0.25) is 0 Å². The van der Waals surface area contributed by atoms with Crippen LogP contribution >= 0.6 is 7.82 Å². The van der Waals surface area contributed by atoms with E-state index in [9.17, 15) is 121 Å². The van der Waals surface area contributed by atoms with Gasteiger partial charge in [-0.15, -0.1) is 0 Å². The molecule has 558 valence electrons. The Morgan fingerprint density at radius 2 is 0.674 bits per heavy atom. The highest BCUT2D eigenvalue weighted by Gasteiger charge is 2.59. The van der Waals surface area contributed by atoms with Crippen molar-refractivity contribution in [1.82, 2.24) is 0 Å². The molecule has 0 aromatic heterocycles. The van der Waals surface area contributed by atoms with E-state index < -0.39 is 256 Å². The van der Waals surface area contributed by atoms with Gasteiger partial charge in [-0.2, -0.15) is 0 Å². The van der Waals surface area contributed by atoms with Crippen LogP contribution in [0.1, 0.15) is 110 Å². The van der Waals surface area contributed by atoms with Crippen molar-refractivity contribution >= 4 is 13.8 Å². The number of rotatable bonds is 38. The topological polar surface area (TPSA) is 599 Å². The average Bonchev–Trinajstić information content (AvgIpc) is 0.771. The molecule has 6 rings (SSSR count). The summed E-state index contributed by atoms with van der Waals surface area (Å²) in [7, 11) is -5.73. The molecular formula is C57H103O37P. The van der Waals surface area contributed by atoms with Crippen LogP contribution in [-0.2, 0) is 70.5 Å². The van der Waals surface area contributed by atoms with E-state index in [2.05, 4.69) is 6.92 Å². The quantitative estimate of drug-likeness (QED) is 0.0155. The Bertz CT molecular complexity index is 2220. The molecule has 95 heavy (non-hydrogen) atoms. The van der Waals surface area contributed by atoms with Crippen LogP contribution in [0.4, 0.5) is 0 Å². The third kappa shape index (κ3) is 22.7. The largest absolute Gasteiger partial charge is 0.472 e. The van der Waals surface area contributed by atoms with E-state index in [-0.39, 0.29) is 6.42 Å². The summed E-state index contributed by atoms with van der Waals surface area (Å²) in [5.74, 6) is -0.689. The molecule has 5 heterocycles. The Kier molecular flexibility index (Phi) is 34.4. The molecule has 37 nitrogen and oxygen atoms in total. The van der Waals surface area contributed by atoms with Gasteiger partial charge in [0.15, 0.2) is 31.5 Å². The van der Waals surface area contributed by atoms with E-state index in [0.29, 0.717) is 6.42 Å². The molecule has 0 bridgehead atoms. The number of phosphoric acid groups is 1. The van der Waals surface area contributed by atoms with Crippen molar-refractivity contribution in [1.29, 1.82) is 0 Å². The van der Waals surface area contributed by atoms with E-state index in [1.165, 1.54) is 57.8 Å². The van der Waals surface area contributed by atoms with Crippen LogP contribution in [0.15, 0.2) is 0 Å². The lowest BCUT2D eigenvalue weighted by atomic mass is 9.84. The molecule has 0 aromatic carbocycles. The highest BCUT2D eigenvalue weighted by molar-refractivity contribution is 7.47. The van der Waals surface area contributed by atoms with Gasteiger partial charge < -0.3 is 164 Å². The summed E-state index contributed by atoms with van der Waals surface area (Å²) < 4.78 is 84.9. The lowest BCUT2D eigenvalue weighted by Crippen LogP contribution is -2.69. The summed E-state index contributed by atoms with van der Waals surface area (Å²) in [6.45, 7) is -4.12. The number of esters is 1. The summed E-state index contributed by atoms with van der Waals surface area (Å²) in [4.78, 5) is 23.7. The van der Waals surface area contributed by atoms with Crippen LogP contribution in [-0.4, -0.2) is 361 Å². The van der Waals surface area contributed by atoms with Crippen LogP contribution in [0.3, 0.4) is 0 Å². The second-order valence-corrected chi connectivity index (χ2v) is 26.4. The standard InChI is InChI=1S/C57H103O37P/c1-2-3-4-5-6-7-8-9-10-11-12-13-14-15-16-17-31(61)82-20-25(60)21-86-95(80,81)94-52-50(92-56-48(78)38(68)33(63)27(19-59)88-56)43(73)42(72)44(74)51(52)93-57-49(79)41(71)36(66)30(91-57)24-85-55-47(77)40(70)35(65)29(90-55)23-84-54-46(76)39(69)34(64)28(89-54)22-83-53-45(75)37(67)32(62)26(18-58)87-53/h25-30,32-60,62-79H,2-24H2,1H3,(H,80,81)/t25-,26?,27?,28?,29?,30?,32+,33-,34+,35+,36+,37?,38?,39?,40?,41?,42+,43?,44?,45+,46+,47+,48-,49+,50-,51?,52+,53-,54-,55-,56-,57+/m1/s1. The lowest BCUT2D eigenvalue weighted by Gasteiger charge is -2.49. The van der Waals surface area contributed by atoms with Crippen molar-refractivity contribution in [2.75, 3.05) is 46.2 Å². The molecule has 6 fully saturated rings. The van der Waals surface area contributed by atoms with Gasteiger partial charge in [0.2, 0.25) is 0 Å². The van der Waals surface area contributed by atoms with Gasteiger partial charge in [-0.3, -0.25) is 13.8 Å². The van der Waals surface area contributed by atoms with E-state index in [1.807, 2.05) is 0 Å². The fraction of sp³-hybridized carbons (Fsp3) is 0.982. The first-order valence-corrected chi connectivity index (χ1v) is 34.0. The van der Waals surface area contributed by atoms with Crippen molar-refractivity contribution in [3.05, 3.63) is 0 Å². The summed E-state index contributed by atoms with van der Waals surface area (Å²) >= 11 is 0. The first-order chi connectivity index (χ1) is 45.1. The Balaban J connectivity index is 1.06. The normalized spacial score (nSPS) is 42.9. The maximum atomic E-state index is 13.8. The number of aliphatic hydroxyl groups excluding tert-OH is 21. The van der Waals surface area contributed by atoms with E-state index in [0.717, 1.165) is 32.1 Å². The van der Waals surface area contributed by atoms with Gasteiger partial charge in [0.25, 0.3) is 0 Å². The molecule has 14 unspecified atom stereocenters. The predicted octanol–water partition coefficient (Wildman–Crippen LogP) is -8.41. The number of aliphatic hydroxyl groups is 21. The van der Waals surface area contributed by atoms with Gasteiger partial charge in [0, 0.05) is 6.42 Å². The number of carbonyl (C=O) groups excluding carboxylic acids is 1. The van der Waals surface area contributed by atoms with E-state index in [1.54, 1.807) is 0 Å². The van der Waals surface area contributed by atoms with Gasteiger partial charge in [0.1, 0.15) is 171 Å². The third-order valence-electron chi connectivity index (χ3n) is 17.7. The molecule has 6 aliphatic rings. The molecule has 22 N–H and O–H groups in total. The number of unbranched alkanes of at least 4 members (excludes halogenated alkanes) is 14. The third-order valence-corrected chi connectivity index (χ3v) is 18.7. The van der Waals surface area contributed by atoms with Crippen LogP contribution in [0.25, 0.3) is 0 Å². The molecule has 0 aromatic rings. The first kappa shape index (κ1) is 82.3. The second kappa shape index (κ2) is 39.7. The van der Waals surface area contributed by atoms with Gasteiger partial charge in [0.05, 0.1) is 39.6 Å². The Labute approximate surface area is 547 Å². The molecule has 33 atom stereocenters. The van der Waals surface area contributed by atoms with Crippen molar-refractivity contribution in [2.24, 2.45) is 0 Å². The Morgan fingerprint density at radius 3 is 1.03 bits per heavy atom. The molecule has 0 radical (unpaired) electrons. The minimum atomic E-state index is -5.73. The number of phosphoric ester groups is 1. The average molecular weight is 1410 g/mol. The number of carbonyl (C=O) groups is 1. The van der Waals surface area contributed by atoms with Crippen molar-refractivity contribution in [3.8, 4) is 0 Å². The molecule has 0 spiro atoms. The molecule has 0 amide bonds. The zero-order valence-electron chi connectivity index (χ0n) is 52.6. The van der Waals surface area contributed by atoms with Crippen LogP contribution < -0.4 is 0 Å². The SMILES string of the molecule is CCCCCCCCCCCCCCCCCC(=O)OC[C@@H](O)COP(=O)(O)O[C@@H]1C(O[C@@H]2OC(CO[C@@H]3OC(CO[C@@H]4OC(CO[C@@H]5OC(CO)[C@H](O)C(O)[C@@H]5O)[C@H](O)C(O)[C@@H]4O)[C@H](O)C(O)[C@@H]3O)[C@H](O)C(O)[C@@H]2O)C(O)[C@@H](O)C(O)[C@H]1O[C@H]1OC(CO)[C@@H](O)C(O)[C@H]1O. The second-order valence-electron chi connectivity index (χ2n) is 25.0. The Hall–Kier alpha value is -1.66. The zero-order chi connectivity index (χ0) is 70.0. The first-order valence-electron chi connectivity index (χ1n) is 32.5. The van der Waals surface area contributed by atoms with Crippen LogP contribution in [0.5, 0.6) is 0 Å². The molecular weight excluding hydrogens is 1310 g/mol. The van der Waals surface area contributed by atoms with Gasteiger partial charge >= 0.3 is 13.8 Å². The van der Waals surface area contributed by atoms with E-state index >= 15 is 0 Å². The summed E-state index contributed by atoms with van der Waals surface area (Å²) in [5.41, 5.74) is 0. The number of hydrogen-bond acceptors (Lipinski definition) is 36. The monoisotopic (exact) mass is 1410 g/mol. The summed E-state index contributed by atoms with van der Waals surface area (Å²) in [6, 6.07) is 0. The molecule has 1 saturated carbocycles. The van der Waals surface area contributed by atoms with Crippen molar-refractivity contribution < 1.29 is 183 Å². The van der Waals surface area contributed by atoms with Gasteiger partial charge in [-0.25, -0.2) is 4.57 Å². The van der Waals surface area contributed by atoms with Gasteiger partial charge in [-0.1, -0.05) is 96.8 Å². The maximum absolute atomic E-state index is 13.8. The molecule has 5 saturated heterocycles. The highest BCUT2D eigenvalue weighted by Crippen LogP contribution is 2.49. The molecule has 38 heteroatoms. The van der Waals surface area contributed by atoms with Crippen molar-refractivity contribution in [2.45, 2.75) is 306 Å². The predicted molar refractivity (Wildman–Crippen MR) is 310 cm³/mol. The molecule has 1 aliphatic carbocycles. The highest BCUT2D eigenvalue weighted by atomic mass is 31.2. The lowest BCUT2D eigenvalue weighted by molar-refractivity contribution is -0.365. The summed E-state index contributed by atoms with van der Waals surface area (Å²) in [6.07, 6.45) is -49.5. The molecule has 5 aliphatic heterocycles. The maximum Gasteiger partial charge on any atom is 0.472 e. The number of hydrogen-bond donors (Lipinski definition) is 22. The zero-order valence-corrected chi connectivity index (χ0v) is 53.5. The summed E-state index contributed by atoms with van der Waals surface area (Å²) in [5, 5.41) is 225. The fourth-order valence-electron chi connectivity index (χ4n) is 11.7. The van der Waals surface area contributed by atoms with E-state index in [4.69, 9.17) is 61.2 Å². The van der Waals surface area contributed by atoms with Crippen molar-refractivity contribution in [3.63, 3.8) is 0 Å².